The molecule has 0 aromatic heterocycles. The van der Waals surface area contributed by atoms with E-state index < -0.39 is 0 Å². The minimum atomic E-state index is -0.0739. The Morgan fingerprint density at radius 2 is 1.92 bits per heavy atom. The molecular formula is C20H31N3O3. The largest absolute Gasteiger partial charge is 0.381 e. The number of hydrogen-bond acceptors (Lipinski definition) is 4. The lowest BCUT2D eigenvalue weighted by Crippen LogP contribution is -2.53. The maximum absolute atomic E-state index is 12.2. The van der Waals surface area contributed by atoms with Crippen LogP contribution >= 0.6 is 0 Å². The van der Waals surface area contributed by atoms with Gasteiger partial charge in [-0.15, -0.1) is 0 Å². The van der Waals surface area contributed by atoms with Gasteiger partial charge in [0, 0.05) is 44.7 Å². The summed E-state index contributed by atoms with van der Waals surface area (Å²) < 4.78 is 11.0. The summed E-state index contributed by atoms with van der Waals surface area (Å²) in [7, 11) is 0. The Kier molecular flexibility index (Phi) is 7.73. The molecule has 144 valence electrons. The van der Waals surface area contributed by atoms with Gasteiger partial charge in [-0.3, -0.25) is 4.90 Å². The molecule has 1 aromatic rings. The molecule has 2 amide bonds. The van der Waals surface area contributed by atoms with E-state index in [-0.39, 0.29) is 6.03 Å². The van der Waals surface area contributed by atoms with Crippen molar-refractivity contribution in [2.24, 2.45) is 5.92 Å². The number of rotatable bonds is 8. The number of amides is 2. The maximum atomic E-state index is 12.2. The number of urea groups is 1. The van der Waals surface area contributed by atoms with Crippen molar-refractivity contribution in [2.45, 2.75) is 25.3 Å². The number of carbonyl (C=O) groups is 1. The molecule has 1 aromatic carbocycles. The Morgan fingerprint density at radius 3 is 2.65 bits per heavy atom. The second-order valence-electron chi connectivity index (χ2n) is 7.07. The molecule has 2 N–H and O–H groups in total. The van der Waals surface area contributed by atoms with Gasteiger partial charge in [0.05, 0.1) is 19.8 Å². The van der Waals surface area contributed by atoms with Crippen molar-refractivity contribution in [3.05, 3.63) is 35.9 Å². The molecule has 6 nitrogen and oxygen atoms in total. The van der Waals surface area contributed by atoms with E-state index in [1.165, 1.54) is 5.56 Å². The lowest BCUT2D eigenvalue weighted by molar-refractivity contribution is 0.00213. The first kappa shape index (κ1) is 19.1. The van der Waals surface area contributed by atoms with Gasteiger partial charge in [0.2, 0.25) is 0 Å². The molecule has 2 saturated heterocycles. The highest BCUT2D eigenvalue weighted by Crippen LogP contribution is 2.21. The summed E-state index contributed by atoms with van der Waals surface area (Å²) in [5.41, 5.74) is 1.31. The van der Waals surface area contributed by atoms with Crippen LogP contribution in [0.15, 0.2) is 30.3 Å². The summed E-state index contributed by atoms with van der Waals surface area (Å²) in [4.78, 5) is 14.6. The smallest absolute Gasteiger partial charge is 0.314 e. The summed E-state index contributed by atoms with van der Waals surface area (Å²) in [6.07, 6.45) is 3.00. The molecule has 2 atom stereocenters. The highest BCUT2D eigenvalue weighted by atomic mass is 16.5. The lowest BCUT2D eigenvalue weighted by Gasteiger charge is -2.37. The molecule has 0 saturated carbocycles. The van der Waals surface area contributed by atoms with Crippen LogP contribution in [0.25, 0.3) is 0 Å². The standard InChI is InChI=1S/C20H31N3O3/c24-20(21-9-4-7-17-5-2-1-3-6-17)22-15-19(18-8-12-26-16-18)23-10-13-25-14-11-23/h1-3,5-6,18-19H,4,7-16H2,(H2,21,22,24). The van der Waals surface area contributed by atoms with Crippen molar-refractivity contribution < 1.29 is 14.3 Å². The second-order valence-corrected chi connectivity index (χ2v) is 7.07. The highest BCUT2D eigenvalue weighted by molar-refractivity contribution is 5.73. The van der Waals surface area contributed by atoms with Gasteiger partial charge in [0.25, 0.3) is 0 Å². The fourth-order valence-electron chi connectivity index (χ4n) is 3.76. The zero-order valence-electron chi connectivity index (χ0n) is 15.5. The van der Waals surface area contributed by atoms with E-state index in [4.69, 9.17) is 9.47 Å². The zero-order chi connectivity index (χ0) is 18.0. The summed E-state index contributed by atoms with van der Waals surface area (Å²) >= 11 is 0. The van der Waals surface area contributed by atoms with E-state index in [0.29, 0.717) is 25.0 Å². The van der Waals surface area contributed by atoms with E-state index in [1.54, 1.807) is 0 Å². The van der Waals surface area contributed by atoms with Gasteiger partial charge in [-0.1, -0.05) is 30.3 Å². The summed E-state index contributed by atoms with van der Waals surface area (Å²) in [5, 5.41) is 6.04. The van der Waals surface area contributed by atoms with Crippen LogP contribution in [-0.2, 0) is 15.9 Å². The molecule has 3 rings (SSSR count). The number of aryl methyl sites for hydroxylation is 1. The van der Waals surface area contributed by atoms with Crippen LogP contribution in [0.1, 0.15) is 18.4 Å². The Labute approximate surface area is 156 Å². The summed E-state index contributed by atoms with van der Waals surface area (Å²) in [6, 6.07) is 10.6. The lowest BCUT2D eigenvalue weighted by atomic mass is 9.97. The molecule has 0 spiro atoms. The Morgan fingerprint density at radius 1 is 1.12 bits per heavy atom. The number of hydrogen-bond donors (Lipinski definition) is 2. The zero-order valence-corrected chi connectivity index (χ0v) is 15.5. The first-order chi connectivity index (χ1) is 12.8. The van der Waals surface area contributed by atoms with Crippen molar-refractivity contribution in [3.63, 3.8) is 0 Å². The Balaban J connectivity index is 1.37. The normalized spacial score (nSPS) is 22.1. The van der Waals surface area contributed by atoms with Gasteiger partial charge < -0.3 is 20.1 Å². The van der Waals surface area contributed by atoms with Crippen LogP contribution in [0.4, 0.5) is 4.79 Å². The van der Waals surface area contributed by atoms with E-state index in [2.05, 4.69) is 27.7 Å². The van der Waals surface area contributed by atoms with Crippen LogP contribution in [0, 0.1) is 5.92 Å². The highest BCUT2D eigenvalue weighted by Gasteiger charge is 2.31. The number of ether oxygens (including phenoxy) is 2. The van der Waals surface area contributed by atoms with Gasteiger partial charge in [-0.05, 0) is 24.8 Å². The molecule has 2 unspecified atom stereocenters. The van der Waals surface area contributed by atoms with Crippen molar-refractivity contribution in [3.8, 4) is 0 Å². The van der Waals surface area contributed by atoms with Crippen LogP contribution in [-0.4, -0.2) is 69.6 Å². The van der Waals surface area contributed by atoms with Gasteiger partial charge in [-0.2, -0.15) is 0 Å². The first-order valence-corrected chi connectivity index (χ1v) is 9.78. The predicted molar refractivity (Wildman–Crippen MR) is 101 cm³/mol. The van der Waals surface area contributed by atoms with Crippen LogP contribution in [0.5, 0.6) is 0 Å². The molecule has 0 bridgehead atoms. The van der Waals surface area contributed by atoms with E-state index in [9.17, 15) is 4.79 Å². The molecule has 2 aliphatic heterocycles. The Hall–Kier alpha value is -1.63. The third kappa shape index (κ3) is 5.97. The average Bonchev–Trinajstić information content (AvgIpc) is 3.22. The number of nitrogens with one attached hydrogen (secondary N) is 2. The minimum absolute atomic E-state index is 0.0739. The fraction of sp³-hybridized carbons (Fsp3) is 0.650. The van der Waals surface area contributed by atoms with Crippen molar-refractivity contribution >= 4 is 6.03 Å². The molecule has 26 heavy (non-hydrogen) atoms. The molecule has 2 aliphatic rings. The molecule has 2 heterocycles. The van der Waals surface area contributed by atoms with E-state index in [1.807, 2.05) is 18.2 Å². The Bertz CT molecular complexity index is 528. The van der Waals surface area contributed by atoms with Crippen LogP contribution in [0.3, 0.4) is 0 Å². The quantitative estimate of drug-likeness (QED) is 0.691. The minimum Gasteiger partial charge on any atom is -0.381 e. The maximum Gasteiger partial charge on any atom is 0.314 e. The monoisotopic (exact) mass is 361 g/mol. The number of benzene rings is 1. The number of morpholine rings is 1. The van der Waals surface area contributed by atoms with Gasteiger partial charge in [0.15, 0.2) is 0 Å². The van der Waals surface area contributed by atoms with E-state index in [0.717, 1.165) is 58.8 Å². The second kappa shape index (κ2) is 10.5. The van der Waals surface area contributed by atoms with Crippen molar-refractivity contribution in [2.75, 3.05) is 52.6 Å². The number of nitrogens with zero attached hydrogens (tertiary/aromatic N) is 1. The first-order valence-electron chi connectivity index (χ1n) is 9.78. The van der Waals surface area contributed by atoms with Gasteiger partial charge in [0.1, 0.15) is 0 Å². The number of carbonyl (C=O) groups excluding carboxylic acids is 1. The third-order valence-electron chi connectivity index (χ3n) is 5.27. The molecule has 0 radical (unpaired) electrons. The van der Waals surface area contributed by atoms with E-state index >= 15 is 0 Å². The third-order valence-corrected chi connectivity index (χ3v) is 5.27. The molecule has 2 fully saturated rings. The average molecular weight is 361 g/mol. The van der Waals surface area contributed by atoms with Gasteiger partial charge in [-0.25, -0.2) is 4.79 Å². The summed E-state index contributed by atoms with van der Waals surface area (Å²) in [6.45, 7) is 6.39. The topological polar surface area (TPSA) is 62.8 Å². The molecule has 0 aliphatic carbocycles. The fourth-order valence-corrected chi connectivity index (χ4v) is 3.76. The summed E-state index contributed by atoms with van der Waals surface area (Å²) in [5.74, 6) is 0.492. The predicted octanol–water partition coefficient (Wildman–Crippen LogP) is 1.66. The van der Waals surface area contributed by atoms with Crippen LogP contribution in [0.2, 0.25) is 0 Å². The van der Waals surface area contributed by atoms with Crippen LogP contribution < -0.4 is 10.6 Å². The molecular weight excluding hydrogens is 330 g/mol. The molecule has 6 heteroatoms. The van der Waals surface area contributed by atoms with Gasteiger partial charge >= 0.3 is 6.03 Å². The van der Waals surface area contributed by atoms with Crippen molar-refractivity contribution in [1.82, 2.24) is 15.5 Å². The van der Waals surface area contributed by atoms with Crippen molar-refractivity contribution in [1.29, 1.82) is 0 Å². The SMILES string of the molecule is O=C(NCCCc1ccccc1)NCC(C1CCOC1)N1CCOCC1.